The number of hydrogen-bond acceptors (Lipinski definition) is 2. The number of hydrogen-bond donors (Lipinski definition) is 2. The highest BCUT2D eigenvalue weighted by atomic mass is 32.2. The molecule has 0 saturated carbocycles. The van der Waals surface area contributed by atoms with Crippen molar-refractivity contribution in [2.75, 3.05) is 10.5 Å². The zero-order valence-corrected chi connectivity index (χ0v) is 8.52. The zero-order chi connectivity index (χ0) is 9.84. The van der Waals surface area contributed by atoms with Gasteiger partial charge >= 0.3 is 0 Å². The van der Waals surface area contributed by atoms with Crippen LogP contribution >= 0.6 is 0 Å². The molecule has 0 amide bonds. The van der Waals surface area contributed by atoms with Crippen LogP contribution in [0.25, 0.3) is 0 Å². The molecule has 0 fully saturated rings. The first kappa shape index (κ1) is 10.1. The molecule has 1 rings (SSSR count). The van der Waals surface area contributed by atoms with Crippen LogP contribution < -0.4 is 4.72 Å². The van der Waals surface area contributed by atoms with Crippen LogP contribution in [-0.4, -0.2) is 15.1 Å². The van der Waals surface area contributed by atoms with Gasteiger partial charge in [0.2, 0.25) is 0 Å². The smallest absolute Gasteiger partial charge is 0.120 e. The summed E-state index contributed by atoms with van der Waals surface area (Å²) in [4.78, 5) is 0. The van der Waals surface area contributed by atoms with E-state index in [1.54, 1.807) is 18.2 Å². The molecule has 1 unspecified atom stereocenters. The van der Waals surface area contributed by atoms with E-state index in [1.165, 1.54) is 0 Å². The predicted molar refractivity (Wildman–Crippen MR) is 55.1 cm³/mol. The first-order valence-electron chi connectivity index (χ1n) is 4.08. The minimum atomic E-state index is -1.05. The molecule has 0 aliphatic carbocycles. The van der Waals surface area contributed by atoms with Crippen LogP contribution in [0.5, 0.6) is 5.75 Å². The molecule has 1 aromatic rings. The summed E-state index contributed by atoms with van der Waals surface area (Å²) >= 11 is 0. The maximum atomic E-state index is 11.1. The van der Waals surface area contributed by atoms with Crippen molar-refractivity contribution in [3.05, 3.63) is 23.8 Å². The van der Waals surface area contributed by atoms with Gasteiger partial charge in [-0.05, 0) is 18.6 Å². The second kappa shape index (κ2) is 4.28. The first-order chi connectivity index (χ1) is 6.13. The molecular formula is C9H13NO2S. The van der Waals surface area contributed by atoms with Gasteiger partial charge in [0.25, 0.3) is 0 Å². The molecule has 0 saturated heterocycles. The molecule has 0 spiro atoms. The monoisotopic (exact) mass is 199 g/mol. The van der Waals surface area contributed by atoms with Gasteiger partial charge in [0, 0.05) is 17.5 Å². The number of aromatic hydroxyl groups is 1. The second-order valence-electron chi connectivity index (χ2n) is 2.74. The highest BCUT2D eigenvalue weighted by molar-refractivity contribution is 7.86. The average Bonchev–Trinajstić information content (AvgIpc) is 2.11. The Kier molecular flexibility index (Phi) is 3.31. The molecule has 2 N–H and O–H groups in total. The van der Waals surface area contributed by atoms with E-state index in [2.05, 4.69) is 4.72 Å². The third kappa shape index (κ3) is 2.73. The quantitative estimate of drug-likeness (QED) is 0.779. The predicted octanol–water partition coefficient (Wildman–Crippen LogP) is 1.80. The number of aryl methyl sites for hydroxylation is 1. The molecule has 1 atom stereocenters. The lowest BCUT2D eigenvalue weighted by Gasteiger charge is -2.05. The molecule has 13 heavy (non-hydrogen) atoms. The molecule has 0 radical (unpaired) electrons. The van der Waals surface area contributed by atoms with E-state index >= 15 is 0 Å². The Morgan fingerprint density at radius 1 is 1.54 bits per heavy atom. The van der Waals surface area contributed by atoms with Crippen LogP contribution in [0.4, 0.5) is 5.69 Å². The molecule has 4 heteroatoms. The molecule has 0 bridgehead atoms. The fraction of sp³-hybridized carbons (Fsp3) is 0.333. The van der Waals surface area contributed by atoms with Gasteiger partial charge in [-0.25, -0.2) is 4.21 Å². The molecule has 1 aromatic carbocycles. The summed E-state index contributed by atoms with van der Waals surface area (Å²) in [5.74, 6) is 0.771. The molecule has 0 aliphatic heterocycles. The topological polar surface area (TPSA) is 49.3 Å². The summed E-state index contributed by atoms with van der Waals surface area (Å²) < 4.78 is 13.9. The molecule has 0 aromatic heterocycles. The SMILES string of the molecule is CCS(=O)Nc1ccc(C)c(O)c1. The Morgan fingerprint density at radius 2 is 2.23 bits per heavy atom. The summed E-state index contributed by atoms with van der Waals surface area (Å²) in [5, 5.41) is 9.35. The number of nitrogens with one attached hydrogen (secondary N) is 1. The van der Waals surface area contributed by atoms with Crippen molar-refractivity contribution in [3.63, 3.8) is 0 Å². The van der Waals surface area contributed by atoms with Crippen LogP contribution in [-0.2, 0) is 11.0 Å². The van der Waals surface area contributed by atoms with Crippen molar-refractivity contribution in [3.8, 4) is 5.75 Å². The van der Waals surface area contributed by atoms with E-state index < -0.39 is 11.0 Å². The van der Waals surface area contributed by atoms with Gasteiger partial charge in [-0.1, -0.05) is 13.0 Å². The Bertz CT molecular complexity index is 325. The average molecular weight is 199 g/mol. The van der Waals surface area contributed by atoms with E-state index in [0.717, 1.165) is 5.56 Å². The van der Waals surface area contributed by atoms with E-state index in [1.807, 2.05) is 13.8 Å². The van der Waals surface area contributed by atoms with Crippen molar-refractivity contribution >= 4 is 16.7 Å². The third-order valence-electron chi connectivity index (χ3n) is 1.70. The van der Waals surface area contributed by atoms with Gasteiger partial charge in [-0.15, -0.1) is 0 Å². The van der Waals surface area contributed by atoms with Crippen molar-refractivity contribution in [2.45, 2.75) is 13.8 Å². The maximum Gasteiger partial charge on any atom is 0.120 e. The number of phenols is 1. The lowest BCUT2D eigenvalue weighted by Crippen LogP contribution is -2.05. The standard InChI is InChI=1S/C9H13NO2S/c1-3-13(12)10-8-5-4-7(2)9(11)6-8/h4-6,10-11H,3H2,1-2H3. The lowest BCUT2D eigenvalue weighted by molar-refractivity contribution is 0.471. The maximum absolute atomic E-state index is 11.1. The molecule has 0 heterocycles. The van der Waals surface area contributed by atoms with Crippen LogP contribution in [0.15, 0.2) is 18.2 Å². The summed E-state index contributed by atoms with van der Waals surface area (Å²) in [6.45, 7) is 3.65. The summed E-state index contributed by atoms with van der Waals surface area (Å²) in [6, 6.07) is 5.15. The Morgan fingerprint density at radius 3 is 2.77 bits per heavy atom. The third-order valence-corrected chi connectivity index (χ3v) is 2.69. The van der Waals surface area contributed by atoms with Crippen molar-refractivity contribution < 1.29 is 9.32 Å². The number of phenolic OH excluding ortho intramolecular Hbond substituents is 1. The zero-order valence-electron chi connectivity index (χ0n) is 7.70. The Hall–Kier alpha value is -1.03. The summed E-state index contributed by atoms with van der Waals surface area (Å²) in [7, 11) is -1.05. The Balaban J connectivity index is 2.79. The van der Waals surface area contributed by atoms with E-state index in [9.17, 15) is 9.32 Å². The molecule has 72 valence electrons. The van der Waals surface area contributed by atoms with Crippen molar-refractivity contribution in [1.82, 2.24) is 0 Å². The van der Waals surface area contributed by atoms with Crippen molar-refractivity contribution in [2.24, 2.45) is 0 Å². The number of anilines is 1. The normalized spacial score (nSPS) is 12.5. The van der Waals surface area contributed by atoms with Crippen LogP contribution in [0.3, 0.4) is 0 Å². The largest absolute Gasteiger partial charge is 0.508 e. The fourth-order valence-electron chi connectivity index (χ4n) is 0.876. The van der Waals surface area contributed by atoms with Gasteiger partial charge in [0.05, 0.1) is 0 Å². The van der Waals surface area contributed by atoms with Gasteiger partial charge in [-0.2, -0.15) is 0 Å². The molecular weight excluding hydrogens is 186 g/mol. The van der Waals surface area contributed by atoms with E-state index in [-0.39, 0.29) is 5.75 Å². The number of benzene rings is 1. The molecule has 3 nitrogen and oxygen atoms in total. The summed E-state index contributed by atoms with van der Waals surface area (Å²) in [6.07, 6.45) is 0. The van der Waals surface area contributed by atoms with Crippen LogP contribution in [0.2, 0.25) is 0 Å². The van der Waals surface area contributed by atoms with Crippen molar-refractivity contribution in [1.29, 1.82) is 0 Å². The minimum absolute atomic E-state index is 0.220. The highest BCUT2D eigenvalue weighted by Crippen LogP contribution is 2.20. The lowest BCUT2D eigenvalue weighted by atomic mass is 10.2. The van der Waals surface area contributed by atoms with Crippen LogP contribution in [0.1, 0.15) is 12.5 Å². The van der Waals surface area contributed by atoms with Gasteiger partial charge in [-0.3, -0.25) is 0 Å². The van der Waals surface area contributed by atoms with E-state index in [4.69, 9.17) is 0 Å². The Labute approximate surface area is 80.4 Å². The second-order valence-corrected chi connectivity index (χ2v) is 4.21. The van der Waals surface area contributed by atoms with Crippen LogP contribution in [0, 0.1) is 6.92 Å². The molecule has 0 aliphatic rings. The number of rotatable bonds is 3. The first-order valence-corrected chi connectivity index (χ1v) is 5.40. The fourth-order valence-corrected chi connectivity index (χ4v) is 1.41. The minimum Gasteiger partial charge on any atom is -0.508 e. The van der Waals surface area contributed by atoms with Gasteiger partial charge in [0.15, 0.2) is 0 Å². The summed E-state index contributed by atoms with van der Waals surface area (Å²) in [5.41, 5.74) is 1.50. The van der Waals surface area contributed by atoms with Gasteiger partial charge in [0.1, 0.15) is 16.7 Å². The highest BCUT2D eigenvalue weighted by Gasteiger charge is 1.99. The van der Waals surface area contributed by atoms with Gasteiger partial charge < -0.3 is 9.83 Å². The van der Waals surface area contributed by atoms with E-state index in [0.29, 0.717) is 11.4 Å².